The van der Waals surface area contributed by atoms with Gasteiger partial charge in [0.2, 0.25) is 0 Å². The van der Waals surface area contributed by atoms with Gasteiger partial charge in [-0.15, -0.1) is 0 Å². The maximum absolute atomic E-state index is 10.2. The molecule has 2 aliphatic rings. The largest absolute Gasteiger partial charge is 0.464 e. The quantitative estimate of drug-likeness (QED) is 0.934. The van der Waals surface area contributed by atoms with Gasteiger partial charge in [-0.25, -0.2) is 0 Å². The molecule has 4 heteroatoms. The third-order valence-corrected chi connectivity index (χ3v) is 5.85. The van der Waals surface area contributed by atoms with Crippen LogP contribution in [0.15, 0.2) is 47.1 Å². The first-order chi connectivity index (χ1) is 11.7. The number of ether oxygens (including phenoxy) is 1. The standard InChI is InChI=1S/C20H25NO3/c1-23-20-9-8-16(22)13-19(20)21(11-10-20)14-15-5-2-3-6-17(15)18-7-4-12-24-18/h2-7,12,16,19,22H,8-11,13-14H2,1H3/t16-,19+,20-/m0/s1. The molecule has 24 heavy (non-hydrogen) atoms. The van der Waals surface area contributed by atoms with Crippen molar-refractivity contribution in [2.75, 3.05) is 13.7 Å². The van der Waals surface area contributed by atoms with E-state index in [-0.39, 0.29) is 17.7 Å². The number of rotatable bonds is 4. The lowest BCUT2D eigenvalue weighted by Gasteiger charge is -2.42. The van der Waals surface area contributed by atoms with E-state index < -0.39 is 0 Å². The van der Waals surface area contributed by atoms with Crippen LogP contribution in [0.1, 0.15) is 31.2 Å². The number of hydrogen-bond donors (Lipinski definition) is 1. The molecule has 1 aromatic heterocycles. The molecule has 0 radical (unpaired) electrons. The minimum absolute atomic E-state index is 0.0845. The topological polar surface area (TPSA) is 45.8 Å². The van der Waals surface area contributed by atoms with Gasteiger partial charge in [0.25, 0.3) is 0 Å². The SMILES string of the molecule is CO[C@]12CC[C@H](O)C[C@H]1N(Cc1ccccc1-c1ccco1)CC2. The summed E-state index contributed by atoms with van der Waals surface area (Å²) < 4.78 is 11.6. The van der Waals surface area contributed by atoms with Crippen LogP contribution in [0.5, 0.6) is 0 Å². The maximum atomic E-state index is 10.2. The maximum Gasteiger partial charge on any atom is 0.134 e. The van der Waals surface area contributed by atoms with Crippen molar-refractivity contribution in [2.24, 2.45) is 0 Å². The first-order valence-corrected chi connectivity index (χ1v) is 8.81. The summed E-state index contributed by atoms with van der Waals surface area (Å²) in [4.78, 5) is 2.48. The molecule has 0 spiro atoms. The van der Waals surface area contributed by atoms with Gasteiger partial charge >= 0.3 is 0 Å². The Morgan fingerprint density at radius 2 is 2.12 bits per heavy atom. The Labute approximate surface area is 143 Å². The third kappa shape index (κ3) is 2.69. The Bertz CT molecular complexity index is 684. The zero-order valence-corrected chi connectivity index (χ0v) is 14.1. The van der Waals surface area contributed by atoms with Crippen LogP contribution in [-0.4, -0.2) is 41.4 Å². The number of fused-ring (bicyclic) bond motifs is 1. The molecule has 1 N–H and O–H groups in total. The number of methoxy groups -OCH3 is 1. The average Bonchev–Trinajstić information content (AvgIpc) is 3.25. The van der Waals surface area contributed by atoms with Crippen LogP contribution in [0.3, 0.4) is 0 Å². The Morgan fingerprint density at radius 3 is 2.92 bits per heavy atom. The van der Waals surface area contributed by atoms with Crippen LogP contribution in [0.2, 0.25) is 0 Å². The van der Waals surface area contributed by atoms with Crippen molar-refractivity contribution in [3.8, 4) is 11.3 Å². The number of benzene rings is 1. The van der Waals surface area contributed by atoms with Crippen molar-refractivity contribution in [3.63, 3.8) is 0 Å². The molecular weight excluding hydrogens is 302 g/mol. The van der Waals surface area contributed by atoms with Crippen molar-refractivity contribution in [3.05, 3.63) is 48.2 Å². The van der Waals surface area contributed by atoms with Crippen molar-refractivity contribution in [2.45, 2.75) is 50.0 Å². The fourth-order valence-corrected chi connectivity index (χ4v) is 4.51. The number of hydrogen-bond acceptors (Lipinski definition) is 4. The Hall–Kier alpha value is -1.62. The summed E-state index contributed by atoms with van der Waals surface area (Å²) in [5.41, 5.74) is 2.33. The smallest absolute Gasteiger partial charge is 0.134 e. The highest BCUT2D eigenvalue weighted by atomic mass is 16.5. The van der Waals surface area contributed by atoms with Gasteiger partial charge in [0, 0.05) is 31.8 Å². The summed E-state index contributed by atoms with van der Waals surface area (Å²) in [7, 11) is 1.82. The molecule has 2 fully saturated rings. The highest BCUT2D eigenvalue weighted by Crippen LogP contribution is 2.43. The minimum atomic E-state index is -0.209. The molecule has 3 atom stereocenters. The van der Waals surface area contributed by atoms with Crippen molar-refractivity contribution < 1.29 is 14.3 Å². The first-order valence-electron chi connectivity index (χ1n) is 8.81. The van der Waals surface area contributed by atoms with Gasteiger partial charge in [0.1, 0.15) is 5.76 Å². The normalized spacial score (nSPS) is 30.4. The molecular formula is C20H25NO3. The molecule has 4 rings (SSSR count). The molecule has 1 aliphatic carbocycles. The Balaban J connectivity index is 1.60. The number of nitrogens with zero attached hydrogens (tertiary/aromatic N) is 1. The van der Waals surface area contributed by atoms with Crippen LogP contribution < -0.4 is 0 Å². The van der Waals surface area contributed by atoms with E-state index in [0.29, 0.717) is 0 Å². The van der Waals surface area contributed by atoms with Gasteiger partial charge in [-0.1, -0.05) is 24.3 Å². The summed E-state index contributed by atoms with van der Waals surface area (Å²) in [5.74, 6) is 0.909. The van der Waals surface area contributed by atoms with E-state index in [4.69, 9.17) is 9.15 Å². The first kappa shape index (κ1) is 15.9. The molecule has 2 aromatic rings. The molecule has 2 heterocycles. The molecule has 1 saturated heterocycles. The number of furan rings is 1. The second kappa shape index (κ2) is 6.36. The van der Waals surface area contributed by atoms with E-state index in [2.05, 4.69) is 29.2 Å². The van der Waals surface area contributed by atoms with E-state index in [9.17, 15) is 5.11 Å². The molecule has 1 aromatic carbocycles. The van der Waals surface area contributed by atoms with Crippen LogP contribution in [0, 0.1) is 0 Å². The number of aliphatic hydroxyl groups is 1. The van der Waals surface area contributed by atoms with Gasteiger partial charge in [0.15, 0.2) is 0 Å². The predicted molar refractivity (Wildman–Crippen MR) is 92.6 cm³/mol. The Morgan fingerprint density at radius 1 is 1.25 bits per heavy atom. The fraction of sp³-hybridized carbons (Fsp3) is 0.500. The lowest BCUT2D eigenvalue weighted by Crippen LogP contribution is -2.51. The third-order valence-electron chi connectivity index (χ3n) is 5.85. The second-order valence-electron chi connectivity index (χ2n) is 7.07. The van der Waals surface area contributed by atoms with Crippen molar-refractivity contribution >= 4 is 0 Å². The minimum Gasteiger partial charge on any atom is -0.464 e. The van der Waals surface area contributed by atoms with Crippen LogP contribution in [0.25, 0.3) is 11.3 Å². The van der Waals surface area contributed by atoms with Crippen molar-refractivity contribution in [1.29, 1.82) is 0 Å². The lowest BCUT2D eigenvalue weighted by molar-refractivity contribution is -0.0879. The Kier molecular flexibility index (Phi) is 4.21. The molecule has 0 bridgehead atoms. The van der Waals surface area contributed by atoms with Gasteiger partial charge < -0.3 is 14.3 Å². The highest BCUT2D eigenvalue weighted by molar-refractivity contribution is 5.61. The van der Waals surface area contributed by atoms with E-state index in [1.54, 1.807) is 6.26 Å². The summed E-state index contributed by atoms with van der Waals surface area (Å²) in [5, 5.41) is 10.2. The summed E-state index contributed by atoms with van der Waals surface area (Å²) in [6.45, 7) is 1.87. The number of likely N-dealkylation sites (tertiary alicyclic amines) is 1. The summed E-state index contributed by atoms with van der Waals surface area (Å²) >= 11 is 0. The molecule has 4 nitrogen and oxygen atoms in total. The van der Waals surface area contributed by atoms with E-state index in [1.807, 2.05) is 19.2 Å². The molecule has 1 aliphatic heterocycles. The molecule has 1 saturated carbocycles. The van der Waals surface area contributed by atoms with Crippen LogP contribution in [-0.2, 0) is 11.3 Å². The highest BCUT2D eigenvalue weighted by Gasteiger charge is 2.50. The zero-order chi connectivity index (χ0) is 16.6. The lowest BCUT2D eigenvalue weighted by atomic mass is 9.79. The van der Waals surface area contributed by atoms with Gasteiger partial charge in [0.05, 0.1) is 18.0 Å². The molecule has 128 valence electrons. The van der Waals surface area contributed by atoms with E-state index in [0.717, 1.165) is 50.1 Å². The van der Waals surface area contributed by atoms with Crippen LogP contribution in [0.4, 0.5) is 0 Å². The van der Waals surface area contributed by atoms with Gasteiger partial charge in [-0.3, -0.25) is 4.90 Å². The zero-order valence-electron chi connectivity index (χ0n) is 14.1. The predicted octanol–water partition coefficient (Wildman–Crippen LogP) is 3.45. The fourth-order valence-electron chi connectivity index (χ4n) is 4.51. The molecule has 0 unspecified atom stereocenters. The number of aliphatic hydroxyl groups excluding tert-OH is 1. The second-order valence-corrected chi connectivity index (χ2v) is 7.07. The average molecular weight is 327 g/mol. The summed E-state index contributed by atoms with van der Waals surface area (Å²) in [6.07, 6.45) is 5.15. The van der Waals surface area contributed by atoms with Gasteiger partial charge in [-0.05, 0) is 43.4 Å². The van der Waals surface area contributed by atoms with E-state index >= 15 is 0 Å². The summed E-state index contributed by atoms with van der Waals surface area (Å²) in [6, 6.07) is 12.6. The van der Waals surface area contributed by atoms with Crippen molar-refractivity contribution in [1.82, 2.24) is 4.90 Å². The molecule has 0 amide bonds. The van der Waals surface area contributed by atoms with Crippen LogP contribution >= 0.6 is 0 Å². The van der Waals surface area contributed by atoms with E-state index in [1.165, 1.54) is 5.56 Å². The van der Waals surface area contributed by atoms with Gasteiger partial charge in [-0.2, -0.15) is 0 Å². The monoisotopic (exact) mass is 327 g/mol.